The first-order valence-electron chi connectivity index (χ1n) is 13.8. The summed E-state index contributed by atoms with van der Waals surface area (Å²) >= 11 is 0. The van der Waals surface area contributed by atoms with Crippen molar-refractivity contribution in [2.75, 3.05) is 14.2 Å². The number of rotatable bonds is 4. The fourth-order valence-corrected chi connectivity index (χ4v) is 4.82. The number of hydrogen-bond donors (Lipinski definition) is 0. The summed E-state index contributed by atoms with van der Waals surface area (Å²) < 4.78 is 10.6. The standard InChI is InChI=1S/2C18H16O.C2H6/c1-13-5-3-6-14(11-13)17-8-4-7-15-12-16(19-2)9-10-18(15)17;1-13-6-8-15(9-7-13)17-5-3-4-14-10-11-16(19-2)12-18(14)17;1-2/h2*3-12H,1-2H3;1-2H3. The van der Waals surface area contributed by atoms with Crippen LogP contribution in [-0.2, 0) is 0 Å². The maximum absolute atomic E-state index is 5.33. The Kier molecular flexibility index (Phi) is 9.59. The Bertz CT molecular complexity index is 1700. The van der Waals surface area contributed by atoms with E-state index in [-0.39, 0.29) is 0 Å². The monoisotopic (exact) mass is 526 g/mol. The molecular weight excluding hydrogens is 488 g/mol. The lowest BCUT2D eigenvalue weighted by Gasteiger charge is -2.09. The SMILES string of the molecule is CC.COc1ccc2c(-c3cccc(C)c3)cccc2c1.COc1ccc2cccc(-c3ccc(C)cc3)c2c1. The van der Waals surface area contributed by atoms with E-state index in [9.17, 15) is 0 Å². The molecule has 0 bridgehead atoms. The lowest BCUT2D eigenvalue weighted by atomic mass is 9.97. The highest BCUT2D eigenvalue weighted by atomic mass is 16.5. The molecule has 0 saturated heterocycles. The van der Waals surface area contributed by atoms with E-state index in [4.69, 9.17) is 9.47 Å². The van der Waals surface area contributed by atoms with Crippen LogP contribution in [0.5, 0.6) is 11.5 Å². The molecule has 0 saturated carbocycles. The van der Waals surface area contributed by atoms with Crippen molar-refractivity contribution in [1.82, 2.24) is 0 Å². The topological polar surface area (TPSA) is 18.5 Å². The van der Waals surface area contributed by atoms with Crippen molar-refractivity contribution in [1.29, 1.82) is 0 Å². The van der Waals surface area contributed by atoms with Gasteiger partial charge in [0.2, 0.25) is 0 Å². The van der Waals surface area contributed by atoms with Crippen LogP contribution in [0.2, 0.25) is 0 Å². The lowest BCUT2D eigenvalue weighted by Crippen LogP contribution is -1.85. The van der Waals surface area contributed by atoms with Gasteiger partial charge in [0, 0.05) is 0 Å². The van der Waals surface area contributed by atoms with Crippen LogP contribution in [-0.4, -0.2) is 14.2 Å². The van der Waals surface area contributed by atoms with Crippen molar-refractivity contribution < 1.29 is 9.47 Å². The van der Waals surface area contributed by atoms with Gasteiger partial charge in [0.1, 0.15) is 11.5 Å². The van der Waals surface area contributed by atoms with E-state index < -0.39 is 0 Å². The smallest absolute Gasteiger partial charge is 0.119 e. The molecule has 6 rings (SSSR count). The summed E-state index contributed by atoms with van der Waals surface area (Å²) in [5, 5.41) is 4.93. The summed E-state index contributed by atoms with van der Waals surface area (Å²) in [5.74, 6) is 1.79. The van der Waals surface area contributed by atoms with E-state index in [0.29, 0.717) is 0 Å². The Morgan fingerprint density at radius 1 is 0.425 bits per heavy atom. The second-order valence-electron chi connectivity index (χ2n) is 9.52. The second-order valence-corrected chi connectivity index (χ2v) is 9.52. The molecule has 0 atom stereocenters. The zero-order valence-corrected chi connectivity index (χ0v) is 24.4. The van der Waals surface area contributed by atoms with Crippen LogP contribution in [0.25, 0.3) is 43.8 Å². The summed E-state index contributed by atoms with van der Waals surface area (Å²) in [7, 11) is 3.40. The Morgan fingerprint density at radius 2 is 1.02 bits per heavy atom. The zero-order valence-electron chi connectivity index (χ0n) is 24.4. The van der Waals surface area contributed by atoms with Crippen LogP contribution in [0.1, 0.15) is 25.0 Å². The van der Waals surface area contributed by atoms with Crippen LogP contribution in [0.4, 0.5) is 0 Å². The molecule has 0 aliphatic heterocycles. The molecule has 0 aliphatic carbocycles. The summed E-state index contributed by atoms with van der Waals surface area (Å²) in [6, 6.07) is 42.5. The molecule has 2 nitrogen and oxygen atoms in total. The number of methoxy groups -OCH3 is 2. The molecule has 0 N–H and O–H groups in total. The molecule has 0 aromatic heterocycles. The highest BCUT2D eigenvalue weighted by Crippen LogP contribution is 2.32. The molecule has 6 aromatic rings. The zero-order chi connectivity index (χ0) is 28.5. The highest BCUT2D eigenvalue weighted by Gasteiger charge is 2.06. The number of hydrogen-bond acceptors (Lipinski definition) is 2. The molecule has 0 amide bonds. The van der Waals surface area contributed by atoms with Gasteiger partial charge in [-0.25, -0.2) is 0 Å². The van der Waals surface area contributed by atoms with Gasteiger partial charge in [-0.2, -0.15) is 0 Å². The maximum Gasteiger partial charge on any atom is 0.119 e. The van der Waals surface area contributed by atoms with E-state index in [2.05, 4.69) is 123 Å². The molecule has 0 radical (unpaired) electrons. The van der Waals surface area contributed by atoms with Crippen molar-refractivity contribution in [3.63, 3.8) is 0 Å². The van der Waals surface area contributed by atoms with Gasteiger partial charge in [0.05, 0.1) is 14.2 Å². The van der Waals surface area contributed by atoms with E-state index in [1.807, 2.05) is 26.0 Å². The molecule has 0 fully saturated rings. The van der Waals surface area contributed by atoms with E-state index >= 15 is 0 Å². The first-order chi connectivity index (χ1) is 19.6. The van der Waals surface area contributed by atoms with E-state index in [1.165, 1.54) is 54.9 Å². The molecule has 202 valence electrons. The second kappa shape index (κ2) is 13.5. The van der Waals surface area contributed by atoms with Crippen LogP contribution < -0.4 is 9.47 Å². The van der Waals surface area contributed by atoms with Gasteiger partial charge in [-0.3, -0.25) is 0 Å². The third-order valence-electron chi connectivity index (χ3n) is 6.87. The number of fused-ring (bicyclic) bond motifs is 2. The fraction of sp³-hybridized carbons (Fsp3) is 0.158. The van der Waals surface area contributed by atoms with Gasteiger partial charge in [0.25, 0.3) is 0 Å². The van der Waals surface area contributed by atoms with Gasteiger partial charge >= 0.3 is 0 Å². The summed E-state index contributed by atoms with van der Waals surface area (Å²) in [6.07, 6.45) is 0. The normalized spacial score (nSPS) is 10.2. The van der Waals surface area contributed by atoms with E-state index in [0.717, 1.165) is 11.5 Å². The molecule has 2 heteroatoms. The number of aryl methyl sites for hydroxylation is 2. The maximum atomic E-state index is 5.33. The van der Waals surface area contributed by atoms with Crippen molar-refractivity contribution in [2.45, 2.75) is 27.7 Å². The number of benzene rings is 6. The highest BCUT2D eigenvalue weighted by molar-refractivity contribution is 5.98. The third-order valence-corrected chi connectivity index (χ3v) is 6.87. The minimum atomic E-state index is 0.895. The van der Waals surface area contributed by atoms with Crippen LogP contribution >= 0.6 is 0 Å². The van der Waals surface area contributed by atoms with Crippen molar-refractivity contribution in [3.8, 4) is 33.8 Å². The van der Waals surface area contributed by atoms with Crippen LogP contribution in [0.3, 0.4) is 0 Å². The minimum absolute atomic E-state index is 0.895. The molecule has 0 unspecified atom stereocenters. The Balaban J connectivity index is 0.000000174. The summed E-state index contributed by atoms with van der Waals surface area (Å²) in [6.45, 7) is 8.23. The molecule has 0 aliphatic rings. The first-order valence-corrected chi connectivity index (χ1v) is 13.8. The molecule has 6 aromatic carbocycles. The Hall–Kier alpha value is -4.56. The molecular formula is C38H38O2. The van der Waals surface area contributed by atoms with Gasteiger partial charge in [-0.1, -0.05) is 122 Å². The average molecular weight is 527 g/mol. The summed E-state index contributed by atoms with van der Waals surface area (Å²) in [5.41, 5.74) is 7.57. The van der Waals surface area contributed by atoms with Gasteiger partial charge < -0.3 is 9.47 Å². The van der Waals surface area contributed by atoms with Gasteiger partial charge in [-0.15, -0.1) is 0 Å². The van der Waals surface area contributed by atoms with Crippen LogP contribution in [0, 0.1) is 13.8 Å². The lowest BCUT2D eigenvalue weighted by molar-refractivity contribution is 0.415. The minimum Gasteiger partial charge on any atom is -0.497 e. The average Bonchev–Trinajstić information content (AvgIpc) is 3.01. The third kappa shape index (κ3) is 6.52. The van der Waals surface area contributed by atoms with Crippen molar-refractivity contribution in [3.05, 3.63) is 132 Å². The Morgan fingerprint density at radius 3 is 1.70 bits per heavy atom. The van der Waals surface area contributed by atoms with Crippen molar-refractivity contribution in [2.24, 2.45) is 0 Å². The molecule has 40 heavy (non-hydrogen) atoms. The Labute approximate surface area is 238 Å². The van der Waals surface area contributed by atoms with E-state index in [1.54, 1.807) is 14.2 Å². The summed E-state index contributed by atoms with van der Waals surface area (Å²) in [4.78, 5) is 0. The van der Waals surface area contributed by atoms with Gasteiger partial charge in [0.15, 0.2) is 0 Å². The molecule has 0 spiro atoms. The quantitative estimate of drug-likeness (QED) is 0.227. The van der Waals surface area contributed by atoms with Gasteiger partial charge in [-0.05, 0) is 81.9 Å². The number of ether oxygens (including phenoxy) is 2. The van der Waals surface area contributed by atoms with Crippen molar-refractivity contribution >= 4 is 21.5 Å². The van der Waals surface area contributed by atoms with Crippen LogP contribution in [0.15, 0.2) is 121 Å². The predicted molar refractivity (Wildman–Crippen MR) is 173 cm³/mol. The first kappa shape index (κ1) is 28.4. The largest absolute Gasteiger partial charge is 0.497 e. The fourth-order valence-electron chi connectivity index (χ4n) is 4.82. The molecule has 0 heterocycles. The predicted octanol–water partition coefficient (Wildman–Crippen LogP) is 10.7.